The van der Waals surface area contributed by atoms with Gasteiger partial charge in [0.05, 0.1) is 11.9 Å². The summed E-state index contributed by atoms with van der Waals surface area (Å²) in [4.78, 5) is 40.4. The average Bonchev–Trinajstić information content (AvgIpc) is 3.08. The number of nitrogens with one attached hydrogen (secondary N) is 1. The van der Waals surface area contributed by atoms with Gasteiger partial charge in [0, 0.05) is 32.7 Å². The van der Waals surface area contributed by atoms with Gasteiger partial charge in [-0.05, 0) is 30.7 Å². The number of anilines is 1. The number of aromatic nitrogens is 4. The molecule has 0 aliphatic heterocycles. The van der Waals surface area contributed by atoms with E-state index in [0.29, 0.717) is 13.0 Å². The summed E-state index contributed by atoms with van der Waals surface area (Å²) in [6.45, 7) is 0.310. The Hall–Kier alpha value is -3.37. The Morgan fingerprint density at radius 1 is 1.10 bits per heavy atom. The minimum atomic E-state index is -4.43. The monoisotopic (exact) mass is 409 g/mol. The molecule has 0 fully saturated rings. The van der Waals surface area contributed by atoms with Gasteiger partial charge < -0.3 is 9.88 Å². The Morgan fingerprint density at radius 3 is 2.38 bits per heavy atom. The summed E-state index contributed by atoms with van der Waals surface area (Å²) >= 11 is 0. The number of nitrogens with zero attached hydrogens (tertiary/aromatic N) is 4. The molecule has 154 valence electrons. The maximum absolute atomic E-state index is 12.6. The highest BCUT2D eigenvalue weighted by molar-refractivity contribution is 5.90. The molecule has 0 aliphatic carbocycles. The molecule has 0 bridgehead atoms. The van der Waals surface area contributed by atoms with E-state index < -0.39 is 23.0 Å². The Bertz CT molecular complexity index is 1170. The summed E-state index contributed by atoms with van der Waals surface area (Å²) < 4.78 is 41.5. The predicted molar refractivity (Wildman–Crippen MR) is 99.5 cm³/mol. The molecular weight excluding hydrogens is 391 g/mol. The summed E-state index contributed by atoms with van der Waals surface area (Å²) in [6.07, 6.45) is -2.55. The van der Waals surface area contributed by atoms with Crippen LogP contribution in [0.15, 0.2) is 40.2 Å². The topological polar surface area (TPSA) is 90.9 Å². The van der Waals surface area contributed by atoms with Crippen molar-refractivity contribution in [2.45, 2.75) is 25.6 Å². The van der Waals surface area contributed by atoms with Crippen LogP contribution in [0.25, 0.3) is 11.2 Å². The number of alkyl halides is 3. The van der Waals surface area contributed by atoms with Crippen molar-refractivity contribution < 1.29 is 18.0 Å². The number of fused-ring (bicyclic) bond motifs is 1. The maximum atomic E-state index is 12.6. The second kappa shape index (κ2) is 7.57. The standard InChI is InChI=1S/C18H18F3N5O3/c1-24-15-14(16(28)25(2)17(24)29)26(10-22-15)9-3-4-13(27)23-12-7-5-11(6-8-12)18(19,20)21/h5-8,10H,3-4,9H2,1-2H3,(H,23,27). The molecule has 2 heterocycles. The fourth-order valence-electron chi connectivity index (χ4n) is 2.94. The van der Waals surface area contributed by atoms with Gasteiger partial charge in [0.2, 0.25) is 5.91 Å². The zero-order valence-corrected chi connectivity index (χ0v) is 15.7. The fourth-order valence-corrected chi connectivity index (χ4v) is 2.94. The first kappa shape index (κ1) is 20.4. The number of hydrogen-bond donors (Lipinski definition) is 1. The van der Waals surface area contributed by atoms with Gasteiger partial charge in [0.1, 0.15) is 0 Å². The van der Waals surface area contributed by atoms with Crippen LogP contribution in [0.1, 0.15) is 18.4 Å². The Morgan fingerprint density at radius 2 is 1.76 bits per heavy atom. The molecule has 0 radical (unpaired) electrons. The number of aryl methyl sites for hydroxylation is 2. The normalized spacial score (nSPS) is 11.8. The van der Waals surface area contributed by atoms with Gasteiger partial charge in [-0.3, -0.25) is 18.7 Å². The molecule has 8 nitrogen and oxygen atoms in total. The lowest BCUT2D eigenvalue weighted by Gasteiger charge is -2.09. The van der Waals surface area contributed by atoms with Crippen molar-refractivity contribution in [3.8, 4) is 0 Å². The quantitative estimate of drug-likeness (QED) is 0.697. The van der Waals surface area contributed by atoms with Crippen LogP contribution in [0.4, 0.5) is 18.9 Å². The van der Waals surface area contributed by atoms with Crippen molar-refractivity contribution in [3.63, 3.8) is 0 Å². The van der Waals surface area contributed by atoms with E-state index in [2.05, 4.69) is 10.3 Å². The van der Waals surface area contributed by atoms with E-state index in [1.807, 2.05) is 0 Å². The van der Waals surface area contributed by atoms with Crippen molar-refractivity contribution in [2.75, 3.05) is 5.32 Å². The lowest BCUT2D eigenvalue weighted by Crippen LogP contribution is -2.37. The van der Waals surface area contributed by atoms with Crippen molar-refractivity contribution in [1.29, 1.82) is 0 Å². The van der Waals surface area contributed by atoms with Gasteiger partial charge in [-0.25, -0.2) is 9.78 Å². The van der Waals surface area contributed by atoms with Crippen LogP contribution >= 0.6 is 0 Å². The number of benzene rings is 1. The number of carbonyl (C=O) groups excluding carboxylic acids is 1. The minimum absolute atomic E-state index is 0.0901. The SMILES string of the molecule is Cn1c(=O)c2c(ncn2CCCC(=O)Nc2ccc(C(F)(F)F)cc2)n(C)c1=O. The van der Waals surface area contributed by atoms with Gasteiger partial charge in [-0.2, -0.15) is 13.2 Å². The third kappa shape index (κ3) is 4.08. The molecule has 3 aromatic rings. The van der Waals surface area contributed by atoms with E-state index in [1.54, 1.807) is 4.57 Å². The van der Waals surface area contributed by atoms with E-state index in [4.69, 9.17) is 0 Å². The molecule has 1 N–H and O–H groups in total. The second-order valence-corrected chi connectivity index (χ2v) is 6.54. The van der Waals surface area contributed by atoms with Crippen molar-refractivity contribution in [2.24, 2.45) is 14.1 Å². The molecule has 11 heteroatoms. The van der Waals surface area contributed by atoms with Gasteiger partial charge in [0.15, 0.2) is 11.2 Å². The largest absolute Gasteiger partial charge is 0.416 e. The van der Waals surface area contributed by atoms with Gasteiger partial charge in [0.25, 0.3) is 5.56 Å². The number of halogens is 3. The molecule has 0 unspecified atom stereocenters. The smallest absolute Gasteiger partial charge is 0.326 e. The van der Waals surface area contributed by atoms with E-state index >= 15 is 0 Å². The van der Waals surface area contributed by atoms with E-state index in [-0.39, 0.29) is 29.2 Å². The summed E-state index contributed by atoms with van der Waals surface area (Å²) in [5.74, 6) is -0.366. The fraction of sp³-hybridized carbons (Fsp3) is 0.333. The Balaban J connectivity index is 1.64. The van der Waals surface area contributed by atoms with Gasteiger partial charge in [-0.15, -0.1) is 0 Å². The molecular formula is C18H18F3N5O3. The van der Waals surface area contributed by atoms with Crippen LogP contribution in [0, 0.1) is 0 Å². The summed E-state index contributed by atoms with van der Waals surface area (Å²) in [6, 6.07) is 4.17. The highest BCUT2D eigenvalue weighted by Gasteiger charge is 2.30. The summed E-state index contributed by atoms with van der Waals surface area (Å²) in [7, 11) is 2.89. The van der Waals surface area contributed by atoms with Crippen molar-refractivity contribution in [1.82, 2.24) is 18.7 Å². The summed E-state index contributed by atoms with van der Waals surface area (Å²) in [5.41, 5.74) is -0.970. The number of amides is 1. The highest BCUT2D eigenvalue weighted by Crippen LogP contribution is 2.29. The lowest BCUT2D eigenvalue weighted by atomic mass is 10.2. The third-order valence-electron chi connectivity index (χ3n) is 4.52. The van der Waals surface area contributed by atoms with E-state index in [0.717, 1.165) is 16.7 Å². The lowest BCUT2D eigenvalue weighted by molar-refractivity contribution is -0.137. The number of imidazole rings is 1. The molecule has 0 aliphatic rings. The molecule has 1 aromatic carbocycles. The van der Waals surface area contributed by atoms with Crippen LogP contribution < -0.4 is 16.6 Å². The third-order valence-corrected chi connectivity index (χ3v) is 4.52. The van der Waals surface area contributed by atoms with E-state index in [9.17, 15) is 27.6 Å². The van der Waals surface area contributed by atoms with Gasteiger partial charge in [-0.1, -0.05) is 0 Å². The molecule has 0 saturated carbocycles. The first-order chi connectivity index (χ1) is 13.6. The number of carbonyl (C=O) groups is 1. The van der Waals surface area contributed by atoms with E-state index in [1.165, 1.54) is 37.1 Å². The molecule has 0 spiro atoms. The summed E-state index contributed by atoms with van der Waals surface area (Å²) in [5, 5.41) is 2.53. The van der Waals surface area contributed by atoms with Gasteiger partial charge >= 0.3 is 11.9 Å². The number of rotatable bonds is 5. The molecule has 29 heavy (non-hydrogen) atoms. The average molecular weight is 409 g/mol. The van der Waals surface area contributed by atoms with Crippen LogP contribution in [0.3, 0.4) is 0 Å². The van der Waals surface area contributed by atoms with Crippen LogP contribution in [-0.4, -0.2) is 24.6 Å². The van der Waals surface area contributed by atoms with Crippen molar-refractivity contribution in [3.05, 3.63) is 57.0 Å². The Kier molecular flexibility index (Phi) is 5.31. The van der Waals surface area contributed by atoms with Crippen LogP contribution in [0.2, 0.25) is 0 Å². The second-order valence-electron chi connectivity index (χ2n) is 6.54. The maximum Gasteiger partial charge on any atom is 0.416 e. The predicted octanol–water partition coefficient (Wildman–Crippen LogP) is 1.87. The Labute approximate surface area is 162 Å². The van der Waals surface area contributed by atoms with Crippen LogP contribution in [-0.2, 0) is 31.6 Å². The first-order valence-electron chi connectivity index (χ1n) is 8.67. The van der Waals surface area contributed by atoms with Crippen LogP contribution in [0.5, 0.6) is 0 Å². The molecule has 0 atom stereocenters. The first-order valence-corrected chi connectivity index (χ1v) is 8.67. The molecule has 1 amide bonds. The minimum Gasteiger partial charge on any atom is -0.326 e. The zero-order valence-electron chi connectivity index (χ0n) is 15.7. The molecule has 3 rings (SSSR count). The highest BCUT2D eigenvalue weighted by atomic mass is 19.4. The zero-order chi connectivity index (χ0) is 21.3. The number of hydrogen-bond acceptors (Lipinski definition) is 4. The molecule has 2 aromatic heterocycles. The van der Waals surface area contributed by atoms with Crippen molar-refractivity contribution >= 4 is 22.8 Å². The molecule has 0 saturated heterocycles.